The Morgan fingerprint density at radius 2 is 1.83 bits per heavy atom. The number of carbonyl (C=O) groups excluding carboxylic acids is 1. The lowest BCUT2D eigenvalue weighted by Crippen LogP contribution is -2.28. The second kappa shape index (κ2) is 9.08. The molecule has 6 nitrogen and oxygen atoms in total. The maximum Gasteiger partial charge on any atom is 0.291 e. The van der Waals surface area contributed by atoms with Gasteiger partial charge in [-0.3, -0.25) is 9.48 Å². The van der Waals surface area contributed by atoms with Gasteiger partial charge in [-0.2, -0.15) is 13.9 Å². The molecule has 2 aromatic heterocycles. The second-order valence-electron chi connectivity index (χ2n) is 6.60. The van der Waals surface area contributed by atoms with E-state index in [1.165, 1.54) is 4.57 Å². The van der Waals surface area contributed by atoms with E-state index in [0.29, 0.717) is 35.9 Å². The number of aromatic nitrogens is 4. The molecule has 4 rings (SSSR count). The molecule has 0 bridgehead atoms. The second-order valence-corrected chi connectivity index (χ2v) is 7.55. The number of imidazole rings is 1. The molecule has 154 valence electrons. The molecule has 0 aliphatic carbocycles. The third kappa shape index (κ3) is 4.68. The van der Waals surface area contributed by atoms with E-state index in [1.807, 2.05) is 41.2 Å². The summed E-state index contributed by atoms with van der Waals surface area (Å²) in [5, 5.41) is 7.23. The van der Waals surface area contributed by atoms with Crippen LogP contribution in [0.2, 0.25) is 0 Å². The molecule has 1 N–H and O–H groups in total. The van der Waals surface area contributed by atoms with E-state index in [0.717, 1.165) is 11.1 Å². The van der Waals surface area contributed by atoms with E-state index in [-0.39, 0.29) is 17.6 Å². The molecule has 1 amide bonds. The van der Waals surface area contributed by atoms with Crippen LogP contribution in [-0.2, 0) is 24.4 Å². The van der Waals surface area contributed by atoms with Gasteiger partial charge < -0.3 is 9.88 Å². The highest BCUT2D eigenvalue weighted by Gasteiger charge is 2.17. The van der Waals surface area contributed by atoms with E-state index in [9.17, 15) is 13.6 Å². The highest BCUT2D eigenvalue weighted by Crippen LogP contribution is 2.28. The van der Waals surface area contributed by atoms with Crippen LogP contribution in [0.15, 0.2) is 72.1 Å². The summed E-state index contributed by atoms with van der Waals surface area (Å²) >= 11 is 0.341. The summed E-state index contributed by atoms with van der Waals surface area (Å²) in [7, 11) is 0. The minimum absolute atomic E-state index is 0.0864. The van der Waals surface area contributed by atoms with Gasteiger partial charge in [-0.15, -0.1) is 0 Å². The fourth-order valence-electron chi connectivity index (χ4n) is 3.22. The zero-order chi connectivity index (χ0) is 20.9. The van der Waals surface area contributed by atoms with Gasteiger partial charge in [0.05, 0.1) is 17.6 Å². The minimum Gasteiger partial charge on any atom is -0.350 e. The third-order valence-electron chi connectivity index (χ3n) is 4.60. The highest BCUT2D eigenvalue weighted by molar-refractivity contribution is 7.99. The highest BCUT2D eigenvalue weighted by atomic mass is 32.2. The number of hydrogen-bond acceptors (Lipinski definition) is 4. The van der Waals surface area contributed by atoms with Crippen LogP contribution >= 0.6 is 11.8 Å². The monoisotopic (exact) mass is 427 g/mol. The Hall–Kier alpha value is -3.20. The molecule has 2 aromatic carbocycles. The van der Waals surface area contributed by atoms with Crippen molar-refractivity contribution in [3.05, 3.63) is 78.1 Å². The van der Waals surface area contributed by atoms with Gasteiger partial charge >= 0.3 is 0 Å². The maximum atomic E-state index is 12.9. The van der Waals surface area contributed by atoms with Crippen LogP contribution in [0.4, 0.5) is 8.78 Å². The van der Waals surface area contributed by atoms with Gasteiger partial charge in [-0.05, 0) is 41.1 Å². The molecule has 2 heterocycles. The predicted octanol–water partition coefficient (Wildman–Crippen LogP) is 3.91. The van der Waals surface area contributed by atoms with E-state index in [4.69, 9.17) is 0 Å². The van der Waals surface area contributed by atoms with E-state index in [2.05, 4.69) is 15.4 Å². The number of nitrogens with one attached hydrogen (secondary N) is 1. The Balaban J connectivity index is 1.47. The van der Waals surface area contributed by atoms with Crippen molar-refractivity contribution >= 4 is 28.7 Å². The number of benzene rings is 2. The standard InChI is InChI=1S/C21H19F2N5OS/c22-20(23)30-21-26-17-8-3-4-9-18(17)28(21)14-19(29)24-12-15-6-1-2-7-16(15)13-27-11-5-10-25-27/h1-11,20H,12-14H2,(H,24,29). The molecule has 0 aliphatic rings. The van der Waals surface area contributed by atoms with Crippen LogP contribution in [0.5, 0.6) is 0 Å². The van der Waals surface area contributed by atoms with Crippen molar-refractivity contribution in [2.45, 2.75) is 30.5 Å². The number of hydrogen-bond donors (Lipinski definition) is 1. The molecule has 0 saturated heterocycles. The van der Waals surface area contributed by atoms with Gasteiger partial charge in [0.2, 0.25) is 5.91 Å². The molecule has 0 saturated carbocycles. The number of rotatable bonds is 8. The molecular formula is C21H19F2N5OS. The summed E-state index contributed by atoms with van der Waals surface area (Å²) in [5.41, 5.74) is 3.25. The quantitative estimate of drug-likeness (QED) is 0.433. The molecule has 0 unspecified atom stereocenters. The van der Waals surface area contributed by atoms with E-state index >= 15 is 0 Å². The fraction of sp³-hybridized carbons (Fsp3) is 0.190. The van der Waals surface area contributed by atoms with Crippen molar-refractivity contribution in [3.8, 4) is 0 Å². The lowest BCUT2D eigenvalue weighted by Gasteiger charge is -2.12. The van der Waals surface area contributed by atoms with Crippen LogP contribution in [-0.4, -0.2) is 31.0 Å². The van der Waals surface area contributed by atoms with Crippen LogP contribution in [0.3, 0.4) is 0 Å². The molecule has 0 radical (unpaired) electrons. The van der Waals surface area contributed by atoms with Crippen molar-refractivity contribution in [2.24, 2.45) is 0 Å². The average Bonchev–Trinajstić information content (AvgIpc) is 3.35. The molecule has 0 atom stereocenters. The van der Waals surface area contributed by atoms with Gasteiger partial charge in [0, 0.05) is 18.9 Å². The van der Waals surface area contributed by atoms with Crippen LogP contribution in [0, 0.1) is 0 Å². The summed E-state index contributed by atoms with van der Waals surface area (Å²) < 4.78 is 29.2. The van der Waals surface area contributed by atoms with Gasteiger partial charge in [0.25, 0.3) is 5.76 Å². The van der Waals surface area contributed by atoms with Gasteiger partial charge in [0.15, 0.2) is 5.16 Å². The van der Waals surface area contributed by atoms with Crippen LogP contribution < -0.4 is 5.32 Å². The molecule has 4 aromatic rings. The number of alkyl halides is 2. The zero-order valence-electron chi connectivity index (χ0n) is 15.9. The number of amides is 1. The fourth-order valence-corrected chi connectivity index (χ4v) is 3.82. The number of nitrogens with zero attached hydrogens (tertiary/aromatic N) is 4. The van der Waals surface area contributed by atoms with Crippen molar-refractivity contribution in [3.63, 3.8) is 0 Å². The zero-order valence-corrected chi connectivity index (χ0v) is 16.7. The van der Waals surface area contributed by atoms with Crippen molar-refractivity contribution in [1.29, 1.82) is 0 Å². The Morgan fingerprint density at radius 3 is 2.60 bits per heavy atom. The number of thioether (sulfide) groups is 1. The molecule has 0 fully saturated rings. The molecule has 0 spiro atoms. The molecule has 0 aliphatic heterocycles. The number of fused-ring (bicyclic) bond motifs is 1. The first-order valence-corrected chi connectivity index (χ1v) is 10.2. The van der Waals surface area contributed by atoms with Crippen molar-refractivity contribution in [2.75, 3.05) is 0 Å². The summed E-state index contributed by atoms with van der Waals surface area (Å²) in [6.45, 7) is 0.845. The van der Waals surface area contributed by atoms with Gasteiger partial charge in [-0.1, -0.05) is 36.4 Å². The average molecular weight is 427 g/mol. The number of para-hydroxylation sites is 2. The maximum absolute atomic E-state index is 12.9. The first kappa shape index (κ1) is 20.1. The number of carbonyl (C=O) groups is 1. The van der Waals surface area contributed by atoms with Crippen molar-refractivity contribution in [1.82, 2.24) is 24.6 Å². The summed E-state index contributed by atoms with van der Waals surface area (Å²) in [6, 6.07) is 16.7. The lowest BCUT2D eigenvalue weighted by molar-refractivity contribution is -0.121. The Bertz CT molecular complexity index is 1140. The third-order valence-corrected chi connectivity index (χ3v) is 5.30. The van der Waals surface area contributed by atoms with E-state index < -0.39 is 5.76 Å². The van der Waals surface area contributed by atoms with Crippen LogP contribution in [0.1, 0.15) is 11.1 Å². The predicted molar refractivity (Wildman–Crippen MR) is 111 cm³/mol. The largest absolute Gasteiger partial charge is 0.350 e. The smallest absolute Gasteiger partial charge is 0.291 e. The Morgan fingerprint density at radius 1 is 1.07 bits per heavy atom. The summed E-state index contributed by atoms with van der Waals surface area (Å²) in [6.07, 6.45) is 3.59. The van der Waals surface area contributed by atoms with Crippen LogP contribution in [0.25, 0.3) is 11.0 Å². The lowest BCUT2D eigenvalue weighted by atomic mass is 10.1. The minimum atomic E-state index is -2.61. The van der Waals surface area contributed by atoms with Gasteiger partial charge in [-0.25, -0.2) is 4.98 Å². The molecule has 9 heteroatoms. The molecule has 30 heavy (non-hydrogen) atoms. The normalized spacial score (nSPS) is 11.3. The van der Waals surface area contributed by atoms with Gasteiger partial charge in [0.1, 0.15) is 6.54 Å². The first-order chi connectivity index (χ1) is 14.6. The van der Waals surface area contributed by atoms with E-state index in [1.54, 1.807) is 30.5 Å². The SMILES string of the molecule is O=C(Cn1c(SC(F)F)nc2ccccc21)NCc1ccccc1Cn1cccn1. The Labute approximate surface area is 175 Å². The van der Waals surface area contributed by atoms with Crippen molar-refractivity contribution < 1.29 is 13.6 Å². The molecular weight excluding hydrogens is 408 g/mol. The first-order valence-electron chi connectivity index (χ1n) is 9.31. The number of halogens is 2. The topological polar surface area (TPSA) is 64.7 Å². The summed E-state index contributed by atoms with van der Waals surface area (Å²) in [4.78, 5) is 16.9. The summed E-state index contributed by atoms with van der Waals surface area (Å²) in [5.74, 6) is -2.89. The Kier molecular flexibility index (Phi) is 6.08.